The van der Waals surface area contributed by atoms with E-state index in [0.717, 1.165) is 12.2 Å². The van der Waals surface area contributed by atoms with Crippen molar-refractivity contribution in [1.29, 1.82) is 0 Å². The fraction of sp³-hybridized carbons (Fsp3) is 0.167. The van der Waals surface area contributed by atoms with Gasteiger partial charge < -0.3 is 10.3 Å². The van der Waals surface area contributed by atoms with E-state index in [2.05, 4.69) is 35.0 Å². The van der Waals surface area contributed by atoms with Crippen LogP contribution in [-0.2, 0) is 6.54 Å². The summed E-state index contributed by atoms with van der Waals surface area (Å²) in [6.07, 6.45) is 6.28. The molecule has 2 rings (SSSR count). The van der Waals surface area contributed by atoms with Crippen molar-refractivity contribution >= 4 is 16.6 Å². The van der Waals surface area contributed by atoms with E-state index in [4.69, 9.17) is 5.73 Å². The Bertz CT molecular complexity index is 466. The van der Waals surface area contributed by atoms with Crippen molar-refractivity contribution in [1.82, 2.24) is 4.57 Å². The number of fused-ring (bicyclic) bond motifs is 1. The van der Waals surface area contributed by atoms with Crippen LogP contribution in [0, 0.1) is 0 Å². The first-order chi connectivity index (χ1) is 6.81. The number of rotatable bonds is 2. The average Bonchev–Trinajstić information content (AvgIpc) is 2.57. The van der Waals surface area contributed by atoms with Crippen molar-refractivity contribution in [3.05, 3.63) is 42.6 Å². The number of aromatic nitrogens is 1. The Morgan fingerprint density at radius 1 is 1.36 bits per heavy atom. The number of nitrogens with two attached hydrogens (primary N) is 1. The summed E-state index contributed by atoms with van der Waals surface area (Å²) in [7, 11) is 0. The van der Waals surface area contributed by atoms with Crippen molar-refractivity contribution in [3.8, 4) is 0 Å². The number of benzene rings is 1. The van der Waals surface area contributed by atoms with E-state index in [1.807, 2.05) is 19.1 Å². The van der Waals surface area contributed by atoms with Crippen LogP contribution in [0.2, 0.25) is 0 Å². The van der Waals surface area contributed by atoms with Gasteiger partial charge in [-0.3, -0.25) is 0 Å². The third-order valence-electron chi connectivity index (χ3n) is 2.33. The Hall–Kier alpha value is -1.70. The number of anilines is 1. The van der Waals surface area contributed by atoms with E-state index >= 15 is 0 Å². The Kier molecular flexibility index (Phi) is 2.27. The molecule has 0 bridgehead atoms. The molecule has 0 saturated heterocycles. The minimum absolute atomic E-state index is 0.821. The van der Waals surface area contributed by atoms with E-state index in [-0.39, 0.29) is 0 Å². The summed E-state index contributed by atoms with van der Waals surface area (Å²) < 4.78 is 2.20. The van der Waals surface area contributed by atoms with E-state index in [1.165, 1.54) is 10.9 Å². The van der Waals surface area contributed by atoms with Crippen LogP contribution in [0.25, 0.3) is 10.9 Å². The van der Waals surface area contributed by atoms with Crippen molar-refractivity contribution in [3.63, 3.8) is 0 Å². The normalized spacial score (nSPS) is 11.5. The molecule has 0 amide bonds. The molecular weight excluding hydrogens is 172 g/mol. The largest absolute Gasteiger partial charge is 0.399 e. The topological polar surface area (TPSA) is 30.9 Å². The predicted molar refractivity (Wildman–Crippen MR) is 61.2 cm³/mol. The molecule has 14 heavy (non-hydrogen) atoms. The monoisotopic (exact) mass is 186 g/mol. The highest BCUT2D eigenvalue weighted by Crippen LogP contribution is 2.18. The maximum Gasteiger partial charge on any atom is 0.0484 e. The number of hydrogen-bond donors (Lipinski definition) is 1. The van der Waals surface area contributed by atoms with Gasteiger partial charge >= 0.3 is 0 Å². The molecule has 0 fully saturated rings. The SMILES string of the molecule is C/C=C/Cn1ccc2cc(N)ccc21. The van der Waals surface area contributed by atoms with Gasteiger partial charge in [0.1, 0.15) is 0 Å². The second-order valence-electron chi connectivity index (χ2n) is 3.36. The van der Waals surface area contributed by atoms with E-state index in [9.17, 15) is 0 Å². The van der Waals surface area contributed by atoms with Gasteiger partial charge in [0.15, 0.2) is 0 Å². The van der Waals surface area contributed by atoms with Gasteiger partial charge in [-0.2, -0.15) is 0 Å². The van der Waals surface area contributed by atoms with Gasteiger partial charge in [-0.15, -0.1) is 0 Å². The molecule has 0 unspecified atom stereocenters. The highest BCUT2D eigenvalue weighted by atomic mass is 14.9. The van der Waals surface area contributed by atoms with Gasteiger partial charge in [-0.1, -0.05) is 12.2 Å². The van der Waals surface area contributed by atoms with Gasteiger partial charge in [0.05, 0.1) is 0 Å². The smallest absolute Gasteiger partial charge is 0.0484 e. The summed E-state index contributed by atoms with van der Waals surface area (Å²) in [6, 6.07) is 8.10. The van der Waals surface area contributed by atoms with Gasteiger partial charge in [0.2, 0.25) is 0 Å². The summed E-state index contributed by atoms with van der Waals surface area (Å²) in [5.74, 6) is 0. The molecule has 2 aromatic rings. The molecule has 72 valence electrons. The van der Waals surface area contributed by atoms with Crippen molar-refractivity contribution in [2.45, 2.75) is 13.5 Å². The van der Waals surface area contributed by atoms with Crippen LogP contribution >= 0.6 is 0 Å². The lowest BCUT2D eigenvalue weighted by molar-refractivity contribution is 0.862. The molecule has 2 N–H and O–H groups in total. The molecule has 1 aromatic carbocycles. The molecule has 0 aliphatic rings. The lowest BCUT2D eigenvalue weighted by atomic mass is 10.2. The van der Waals surface area contributed by atoms with Gasteiger partial charge in [-0.25, -0.2) is 0 Å². The molecule has 0 radical (unpaired) electrons. The maximum absolute atomic E-state index is 5.71. The molecule has 0 spiro atoms. The predicted octanol–water partition coefficient (Wildman–Crippen LogP) is 2.80. The minimum atomic E-state index is 0.821. The zero-order valence-corrected chi connectivity index (χ0v) is 8.27. The number of nitrogen functional groups attached to an aromatic ring is 1. The minimum Gasteiger partial charge on any atom is -0.399 e. The van der Waals surface area contributed by atoms with Crippen LogP contribution in [0.4, 0.5) is 5.69 Å². The Labute approximate surface area is 83.6 Å². The fourth-order valence-corrected chi connectivity index (χ4v) is 1.60. The van der Waals surface area contributed by atoms with Crippen molar-refractivity contribution in [2.75, 3.05) is 5.73 Å². The first-order valence-corrected chi connectivity index (χ1v) is 4.77. The first kappa shape index (κ1) is 8.88. The lowest BCUT2D eigenvalue weighted by Gasteiger charge is -2.01. The summed E-state index contributed by atoms with van der Waals surface area (Å²) in [4.78, 5) is 0. The zero-order valence-electron chi connectivity index (χ0n) is 8.27. The Morgan fingerprint density at radius 2 is 2.21 bits per heavy atom. The molecule has 2 nitrogen and oxygen atoms in total. The summed E-state index contributed by atoms with van der Waals surface area (Å²) in [5.41, 5.74) is 7.76. The third-order valence-corrected chi connectivity index (χ3v) is 2.33. The third kappa shape index (κ3) is 1.51. The van der Waals surface area contributed by atoms with E-state index in [1.54, 1.807) is 0 Å². The molecule has 0 saturated carbocycles. The van der Waals surface area contributed by atoms with Crippen LogP contribution in [-0.4, -0.2) is 4.57 Å². The lowest BCUT2D eigenvalue weighted by Crippen LogP contribution is -1.92. The highest BCUT2D eigenvalue weighted by Gasteiger charge is 1.98. The second kappa shape index (κ2) is 3.58. The van der Waals surface area contributed by atoms with Crippen molar-refractivity contribution < 1.29 is 0 Å². The van der Waals surface area contributed by atoms with Gasteiger partial charge in [0, 0.05) is 29.3 Å². The van der Waals surface area contributed by atoms with Crippen molar-refractivity contribution in [2.24, 2.45) is 0 Å². The molecule has 2 heteroatoms. The second-order valence-corrected chi connectivity index (χ2v) is 3.36. The molecule has 0 aliphatic heterocycles. The van der Waals surface area contributed by atoms with Crippen LogP contribution in [0.1, 0.15) is 6.92 Å². The van der Waals surface area contributed by atoms with Crippen LogP contribution in [0.5, 0.6) is 0 Å². The van der Waals surface area contributed by atoms with Crippen LogP contribution < -0.4 is 5.73 Å². The Balaban J connectivity index is 2.47. The van der Waals surface area contributed by atoms with E-state index < -0.39 is 0 Å². The Morgan fingerprint density at radius 3 is 3.00 bits per heavy atom. The van der Waals surface area contributed by atoms with Gasteiger partial charge in [0.25, 0.3) is 0 Å². The number of nitrogens with zero attached hydrogens (tertiary/aromatic N) is 1. The quantitative estimate of drug-likeness (QED) is 0.567. The molecule has 1 heterocycles. The fourth-order valence-electron chi connectivity index (χ4n) is 1.60. The van der Waals surface area contributed by atoms with Gasteiger partial charge in [-0.05, 0) is 31.2 Å². The van der Waals surface area contributed by atoms with Crippen LogP contribution in [0.3, 0.4) is 0 Å². The van der Waals surface area contributed by atoms with Crippen LogP contribution in [0.15, 0.2) is 42.6 Å². The summed E-state index contributed by atoms with van der Waals surface area (Å²) >= 11 is 0. The molecule has 0 atom stereocenters. The highest BCUT2D eigenvalue weighted by molar-refractivity contribution is 5.83. The molecule has 1 aromatic heterocycles. The first-order valence-electron chi connectivity index (χ1n) is 4.77. The standard InChI is InChI=1S/C12H14N2/c1-2-3-7-14-8-6-10-9-11(13)4-5-12(10)14/h2-6,8-9H,7,13H2,1H3/b3-2+. The zero-order chi connectivity index (χ0) is 9.97. The number of hydrogen-bond acceptors (Lipinski definition) is 1. The molecular formula is C12H14N2. The number of allylic oxidation sites excluding steroid dienone is 2. The van der Waals surface area contributed by atoms with E-state index in [0.29, 0.717) is 0 Å². The summed E-state index contributed by atoms with van der Waals surface area (Å²) in [5, 5.41) is 1.20. The summed E-state index contributed by atoms with van der Waals surface area (Å²) in [6.45, 7) is 2.95. The average molecular weight is 186 g/mol. The maximum atomic E-state index is 5.71. The molecule has 0 aliphatic carbocycles.